The topological polar surface area (TPSA) is 71.7 Å². The van der Waals surface area contributed by atoms with Crippen LogP contribution in [0, 0.1) is 6.92 Å². The number of aryl methyl sites for hydroxylation is 1. The van der Waals surface area contributed by atoms with Gasteiger partial charge in [0.05, 0.1) is 6.61 Å². The van der Waals surface area contributed by atoms with E-state index in [1.807, 2.05) is 41.3 Å². The van der Waals surface area contributed by atoms with E-state index in [0.29, 0.717) is 18.0 Å². The minimum Gasteiger partial charge on any atom is -0.492 e. The number of rotatable bonds is 3. The third kappa shape index (κ3) is 3.72. The maximum atomic E-state index is 13.7. The molecular formula is C31H30N4O3. The van der Waals surface area contributed by atoms with Crippen LogP contribution in [0.1, 0.15) is 39.9 Å². The summed E-state index contributed by atoms with van der Waals surface area (Å²) in [6, 6.07) is 18.5. The van der Waals surface area contributed by atoms with Crippen molar-refractivity contribution in [3.8, 4) is 28.3 Å². The van der Waals surface area contributed by atoms with Gasteiger partial charge >= 0.3 is 0 Å². The summed E-state index contributed by atoms with van der Waals surface area (Å²) in [4.78, 5) is 18.0. The van der Waals surface area contributed by atoms with Gasteiger partial charge in [-0.25, -0.2) is 0 Å². The fraction of sp³-hybridized carbons (Fsp3) is 0.323. The highest BCUT2D eigenvalue weighted by atomic mass is 16.5. The summed E-state index contributed by atoms with van der Waals surface area (Å²) in [5.74, 6) is 1.58. The quantitative estimate of drug-likeness (QED) is 0.377. The number of aromatic nitrogens is 2. The van der Waals surface area contributed by atoms with Crippen LogP contribution in [0.25, 0.3) is 22.6 Å². The molecule has 4 heterocycles. The molecule has 7 rings (SSSR count). The summed E-state index contributed by atoms with van der Waals surface area (Å²) in [7, 11) is 2.18. The van der Waals surface area contributed by atoms with Gasteiger partial charge in [-0.1, -0.05) is 18.2 Å². The van der Waals surface area contributed by atoms with Gasteiger partial charge < -0.3 is 19.0 Å². The SMILES string of the molecule is Cc1cc(-c2nnco2)ccc1-c1ccc(C(=O)N2CCc3cc4c(cc32)C2(CCN(C)CC2)CO4)cc1. The second-order valence-corrected chi connectivity index (χ2v) is 10.9. The second-order valence-electron chi connectivity index (χ2n) is 10.9. The molecule has 0 saturated carbocycles. The van der Waals surface area contributed by atoms with Gasteiger partial charge in [0.1, 0.15) is 5.75 Å². The van der Waals surface area contributed by atoms with Gasteiger partial charge in [0.15, 0.2) is 0 Å². The number of piperidine rings is 1. The molecule has 1 spiro atoms. The van der Waals surface area contributed by atoms with Crippen LogP contribution >= 0.6 is 0 Å². The second kappa shape index (κ2) is 8.81. The molecule has 3 aromatic carbocycles. The molecule has 0 aliphatic carbocycles. The van der Waals surface area contributed by atoms with E-state index in [0.717, 1.165) is 72.6 Å². The predicted octanol–water partition coefficient (Wildman–Crippen LogP) is 5.27. The maximum Gasteiger partial charge on any atom is 0.258 e. The molecule has 3 aliphatic heterocycles. The van der Waals surface area contributed by atoms with Crippen LogP contribution in [-0.4, -0.2) is 54.3 Å². The maximum absolute atomic E-state index is 13.7. The summed E-state index contributed by atoms with van der Waals surface area (Å²) in [6.45, 7) is 5.67. The van der Waals surface area contributed by atoms with E-state index in [-0.39, 0.29) is 11.3 Å². The van der Waals surface area contributed by atoms with Crippen LogP contribution in [0.2, 0.25) is 0 Å². The van der Waals surface area contributed by atoms with Crippen molar-refractivity contribution in [3.05, 3.63) is 83.2 Å². The Morgan fingerprint density at radius 1 is 0.974 bits per heavy atom. The van der Waals surface area contributed by atoms with E-state index >= 15 is 0 Å². The number of fused-ring (bicyclic) bond motifs is 3. The average Bonchev–Trinajstić information content (AvgIpc) is 3.69. The summed E-state index contributed by atoms with van der Waals surface area (Å²) in [5.41, 5.74) is 8.49. The fourth-order valence-electron chi connectivity index (χ4n) is 6.28. The Bertz CT molecular complexity index is 1520. The Morgan fingerprint density at radius 2 is 1.76 bits per heavy atom. The number of hydrogen-bond donors (Lipinski definition) is 0. The monoisotopic (exact) mass is 506 g/mol. The molecule has 0 atom stereocenters. The lowest BCUT2D eigenvalue weighted by atomic mass is 9.74. The molecule has 7 heteroatoms. The van der Waals surface area contributed by atoms with Gasteiger partial charge in [-0.05, 0) is 105 Å². The molecule has 4 aromatic rings. The molecule has 192 valence electrons. The Morgan fingerprint density at radius 3 is 2.50 bits per heavy atom. The highest BCUT2D eigenvalue weighted by molar-refractivity contribution is 6.07. The zero-order valence-electron chi connectivity index (χ0n) is 21.7. The van der Waals surface area contributed by atoms with E-state index in [2.05, 4.69) is 47.3 Å². The van der Waals surface area contributed by atoms with Crippen molar-refractivity contribution in [3.63, 3.8) is 0 Å². The zero-order valence-corrected chi connectivity index (χ0v) is 21.7. The number of hydrogen-bond acceptors (Lipinski definition) is 6. The Hall–Kier alpha value is -3.97. The summed E-state index contributed by atoms with van der Waals surface area (Å²) >= 11 is 0. The standard InChI is InChI=1S/C31H30N4O3/c1-20-15-24(29-33-32-19-38-29)7-8-25(20)21-3-5-22(6-4-21)30(36)35-12-9-23-16-28-26(17-27(23)35)31(18-37-28)10-13-34(2)14-11-31/h3-8,15-17,19H,9-14,18H2,1-2H3. The van der Waals surface area contributed by atoms with Gasteiger partial charge in [-0.2, -0.15) is 0 Å². The van der Waals surface area contributed by atoms with Crippen molar-refractivity contribution >= 4 is 11.6 Å². The lowest BCUT2D eigenvalue weighted by molar-refractivity contribution is 0.0989. The Kier molecular flexibility index (Phi) is 5.37. The van der Waals surface area contributed by atoms with E-state index in [4.69, 9.17) is 9.15 Å². The van der Waals surface area contributed by atoms with E-state index in [9.17, 15) is 4.79 Å². The predicted molar refractivity (Wildman–Crippen MR) is 146 cm³/mol. The molecule has 38 heavy (non-hydrogen) atoms. The summed E-state index contributed by atoms with van der Waals surface area (Å²) in [6.07, 6.45) is 4.39. The highest BCUT2D eigenvalue weighted by Crippen LogP contribution is 2.49. The van der Waals surface area contributed by atoms with Crippen LogP contribution in [-0.2, 0) is 11.8 Å². The van der Waals surface area contributed by atoms with Crippen LogP contribution in [0.15, 0.2) is 65.4 Å². The van der Waals surface area contributed by atoms with E-state index in [1.165, 1.54) is 17.5 Å². The highest BCUT2D eigenvalue weighted by Gasteiger charge is 2.44. The van der Waals surface area contributed by atoms with Crippen LogP contribution < -0.4 is 9.64 Å². The molecule has 1 amide bonds. The smallest absolute Gasteiger partial charge is 0.258 e. The number of likely N-dealkylation sites (tertiary alicyclic amines) is 1. The van der Waals surface area contributed by atoms with Crippen LogP contribution in [0.5, 0.6) is 5.75 Å². The first-order chi connectivity index (χ1) is 18.5. The lowest BCUT2D eigenvalue weighted by Crippen LogP contribution is -2.42. The average molecular weight is 507 g/mol. The van der Waals surface area contributed by atoms with E-state index < -0.39 is 0 Å². The minimum absolute atomic E-state index is 0.0510. The molecule has 0 radical (unpaired) electrons. The first-order valence-electron chi connectivity index (χ1n) is 13.3. The number of anilines is 1. The van der Waals surface area contributed by atoms with Gasteiger partial charge in [-0.15, -0.1) is 10.2 Å². The van der Waals surface area contributed by atoms with Gasteiger partial charge in [0, 0.05) is 34.3 Å². The molecule has 1 fully saturated rings. The largest absolute Gasteiger partial charge is 0.492 e. The molecule has 1 saturated heterocycles. The van der Waals surface area contributed by atoms with Crippen molar-refractivity contribution in [2.45, 2.75) is 31.6 Å². The molecule has 3 aliphatic rings. The normalized spacial score (nSPS) is 17.9. The molecule has 0 unspecified atom stereocenters. The summed E-state index contributed by atoms with van der Waals surface area (Å²) in [5, 5.41) is 7.76. The third-order valence-electron chi connectivity index (χ3n) is 8.62. The minimum atomic E-state index is 0.0510. The molecule has 0 bridgehead atoms. The van der Waals surface area contributed by atoms with Crippen LogP contribution in [0.3, 0.4) is 0 Å². The van der Waals surface area contributed by atoms with Crippen molar-refractivity contribution in [2.24, 2.45) is 0 Å². The number of carbonyl (C=O) groups excluding carboxylic acids is 1. The molecule has 0 N–H and O–H groups in total. The number of carbonyl (C=O) groups is 1. The first kappa shape index (κ1) is 23.2. The van der Waals surface area contributed by atoms with Gasteiger partial charge in [0.2, 0.25) is 12.3 Å². The first-order valence-corrected chi connectivity index (χ1v) is 13.3. The van der Waals surface area contributed by atoms with Gasteiger partial charge in [-0.3, -0.25) is 4.79 Å². The fourth-order valence-corrected chi connectivity index (χ4v) is 6.28. The zero-order chi connectivity index (χ0) is 25.9. The van der Waals surface area contributed by atoms with Crippen molar-refractivity contribution in [1.82, 2.24) is 15.1 Å². The van der Waals surface area contributed by atoms with E-state index in [1.54, 1.807) is 0 Å². The van der Waals surface area contributed by atoms with Crippen molar-refractivity contribution < 1.29 is 13.9 Å². The molecule has 7 nitrogen and oxygen atoms in total. The van der Waals surface area contributed by atoms with Crippen molar-refractivity contribution in [2.75, 3.05) is 38.2 Å². The third-order valence-corrected chi connectivity index (χ3v) is 8.62. The van der Waals surface area contributed by atoms with Crippen molar-refractivity contribution in [1.29, 1.82) is 0 Å². The van der Waals surface area contributed by atoms with Gasteiger partial charge in [0.25, 0.3) is 5.91 Å². The molecule has 1 aromatic heterocycles. The Balaban J connectivity index is 1.14. The summed E-state index contributed by atoms with van der Waals surface area (Å²) < 4.78 is 11.5. The Labute approximate surface area is 222 Å². The number of ether oxygens (including phenoxy) is 1. The van der Waals surface area contributed by atoms with Crippen LogP contribution in [0.4, 0.5) is 5.69 Å². The lowest BCUT2D eigenvalue weighted by Gasteiger charge is -2.37. The number of amides is 1. The number of nitrogens with zero attached hydrogens (tertiary/aromatic N) is 4. The molecular weight excluding hydrogens is 476 g/mol. The number of benzene rings is 3.